The van der Waals surface area contributed by atoms with Crippen LogP contribution in [0.5, 0.6) is 0 Å². The molecule has 2 aromatic heterocycles. The number of thiophene rings is 1. The van der Waals surface area contributed by atoms with E-state index in [0.29, 0.717) is 6.54 Å². The number of carbonyl (C=O) groups excluding carboxylic acids is 2. The van der Waals surface area contributed by atoms with Crippen LogP contribution in [0.3, 0.4) is 0 Å². The zero-order valence-electron chi connectivity index (χ0n) is 15.8. The maximum atomic E-state index is 12.6. The Labute approximate surface area is 163 Å². The number of carbonyl (C=O) groups is 2. The summed E-state index contributed by atoms with van der Waals surface area (Å²) < 4.78 is 0. The van der Waals surface area contributed by atoms with Crippen molar-refractivity contribution < 1.29 is 9.59 Å². The Morgan fingerprint density at radius 3 is 2.67 bits per heavy atom. The van der Waals surface area contributed by atoms with Crippen LogP contribution in [-0.4, -0.2) is 34.8 Å². The summed E-state index contributed by atoms with van der Waals surface area (Å²) in [5.74, 6) is 0.352. The fraction of sp³-hybridized carbons (Fsp3) is 0.476. The van der Waals surface area contributed by atoms with E-state index in [-0.39, 0.29) is 23.1 Å². The topological polar surface area (TPSA) is 62.3 Å². The molecule has 2 fully saturated rings. The van der Waals surface area contributed by atoms with E-state index >= 15 is 0 Å². The van der Waals surface area contributed by atoms with Gasteiger partial charge in [0.15, 0.2) is 0 Å². The van der Waals surface area contributed by atoms with Crippen molar-refractivity contribution in [2.24, 2.45) is 11.3 Å². The molecule has 27 heavy (non-hydrogen) atoms. The number of amides is 2. The van der Waals surface area contributed by atoms with Gasteiger partial charge in [-0.2, -0.15) is 0 Å². The maximum Gasteiger partial charge on any atom is 0.263 e. The quantitative estimate of drug-likeness (QED) is 0.881. The van der Waals surface area contributed by atoms with Crippen LogP contribution in [0, 0.1) is 25.2 Å². The van der Waals surface area contributed by atoms with Gasteiger partial charge in [0.1, 0.15) is 0 Å². The zero-order chi connectivity index (χ0) is 19.0. The predicted molar refractivity (Wildman–Crippen MR) is 106 cm³/mol. The lowest BCUT2D eigenvalue weighted by molar-refractivity contribution is -0.123. The van der Waals surface area contributed by atoms with Crippen LogP contribution in [0.25, 0.3) is 0 Å². The minimum Gasteiger partial charge on any atom is -0.350 e. The van der Waals surface area contributed by atoms with Gasteiger partial charge < -0.3 is 10.2 Å². The van der Waals surface area contributed by atoms with Gasteiger partial charge >= 0.3 is 0 Å². The van der Waals surface area contributed by atoms with Crippen molar-refractivity contribution in [3.05, 3.63) is 51.5 Å². The van der Waals surface area contributed by atoms with Gasteiger partial charge in [0, 0.05) is 29.6 Å². The number of aromatic nitrogens is 1. The Bertz CT molecular complexity index is 868. The molecule has 0 radical (unpaired) electrons. The van der Waals surface area contributed by atoms with Gasteiger partial charge in [0.05, 0.1) is 17.1 Å². The van der Waals surface area contributed by atoms with Crippen molar-refractivity contribution in [1.29, 1.82) is 0 Å². The van der Waals surface area contributed by atoms with Crippen molar-refractivity contribution in [3.63, 3.8) is 0 Å². The van der Waals surface area contributed by atoms with E-state index in [1.807, 2.05) is 49.1 Å². The number of nitrogens with one attached hydrogen (secondary N) is 1. The van der Waals surface area contributed by atoms with Crippen LogP contribution in [0.15, 0.2) is 30.3 Å². The highest BCUT2D eigenvalue weighted by atomic mass is 32.1. The summed E-state index contributed by atoms with van der Waals surface area (Å²) in [7, 11) is 0. The molecular weight excluding hydrogens is 358 g/mol. The van der Waals surface area contributed by atoms with Crippen molar-refractivity contribution in [1.82, 2.24) is 15.2 Å². The molecule has 2 aromatic rings. The van der Waals surface area contributed by atoms with E-state index in [2.05, 4.69) is 10.3 Å². The number of pyridine rings is 1. The van der Waals surface area contributed by atoms with Crippen molar-refractivity contribution in [2.75, 3.05) is 13.1 Å². The first-order chi connectivity index (χ1) is 13.0. The van der Waals surface area contributed by atoms with E-state index in [9.17, 15) is 9.59 Å². The first-order valence-corrected chi connectivity index (χ1v) is 10.3. The zero-order valence-corrected chi connectivity index (χ0v) is 16.6. The third-order valence-corrected chi connectivity index (χ3v) is 6.88. The standard InChI is InChI=1S/C21H25N3O2S/c1-14-4-3-5-16(23-14)13-22-19(25)17-12-21(17)8-10-24(11-9-21)20(26)18-7-6-15(2)27-18/h3-7,17H,8-13H2,1-2H3,(H,22,25). The molecular formula is C21H25N3O2S. The molecule has 5 nitrogen and oxygen atoms in total. The SMILES string of the molecule is Cc1cccc(CNC(=O)C2CC23CCN(C(=O)c2ccc(C)s2)CC3)n1. The minimum absolute atomic E-state index is 0.0866. The number of hydrogen-bond donors (Lipinski definition) is 1. The smallest absolute Gasteiger partial charge is 0.263 e. The normalized spacial score (nSPS) is 20.5. The summed E-state index contributed by atoms with van der Waals surface area (Å²) in [5.41, 5.74) is 1.96. The molecule has 142 valence electrons. The highest BCUT2D eigenvalue weighted by Gasteiger charge is 2.58. The fourth-order valence-electron chi connectivity index (χ4n) is 4.13. The van der Waals surface area contributed by atoms with Gasteiger partial charge in [-0.15, -0.1) is 11.3 Å². The lowest BCUT2D eigenvalue weighted by atomic mass is 9.90. The molecule has 6 heteroatoms. The van der Waals surface area contributed by atoms with Crippen molar-refractivity contribution >= 4 is 23.2 Å². The van der Waals surface area contributed by atoms with Crippen LogP contribution in [0.2, 0.25) is 0 Å². The van der Waals surface area contributed by atoms with Crippen molar-refractivity contribution in [2.45, 2.75) is 39.7 Å². The van der Waals surface area contributed by atoms with E-state index in [0.717, 1.165) is 53.5 Å². The Balaban J connectivity index is 1.28. The summed E-state index contributed by atoms with van der Waals surface area (Å²) in [4.78, 5) is 33.5. The number of aryl methyl sites for hydroxylation is 2. The molecule has 1 unspecified atom stereocenters. The van der Waals surface area contributed by atoms with E-state index in [1.54, 1.807) is 11.3 Å². The first-order valence-electron chi connectivity index (χ1n) is 9.53. The maximum absolute atomic E-state index is 12.6. The second-order valence-electron chi connectivity index (χ2n) is 7.81. The second-order valence-corrected chi connectivity index (χ2v) is 9.10. The molecule has 1 aliphatic carbocycles. The Morgan fingerprint density at radius 2 is 2.00 bits per heavy atom. The molecule has 3 heterocycles. The highest BCUT2D eigenvalue weighted by molar-refractivity contribution is 7.13. The van der Waals surface area contributed by atoms with Crippen LogP contribution < -0.4 is 5.32 Å². The average Bonchev–Trinajstić information content (AvgIpc) is 3.18. The lowest BCUT2D eigenvalue weighted by Gasteiger charge is -2.32. The predicted octanol–water partition coefficient (Wildman–Crippen LogP) is 3.32. The minimum atomic E-state index is 0.0866. The molecule has 0 aromatic carbocycles. The first kappa shape index (κ1) is 18.2. The van der Waals surface area contributed by atoms with E-state index in [4.69, 9.17) is 0 Å². The Morgan fingerprint density at radius 1 is 1.22 bits per heavy atom. The molecule has 2 amide bonds. The van der Waals surface area contributed by atoms with Crippen LogP contribution in [-0.2, 0) is 11.3 Å². The van der Waals surface area contributed by atoms with Crippen LogP contribution >= 0.6 is 11.3 Å². The second kappa shape index (κ2) is 7.08. The van der Waals surface area contributed by atoms with Gasteiger partial charge in [-0.1, -0.05) is 6.07 Å². The van der Waals surface area contributed by atoms with Gasteiger partial charge in [-0.05, 0) is 62.8 Å². The molecule has 1 N–H and O–H groups in total. The fourth-order valence-corrected chi connectivity index (χ4v) is 4.97. The lowest BCUT2D eigenvalue weighted by Crippen LogP contribution is -2.40. The Kier molecular flexibility index (Phi) is 4.76. The largest absolute Gasteiger partial charge is 0.350 e. The molecule has 1 saturated heterocycles. The summed E-state index contributed by atoms with van der Waals surface area (Å²) in [6.45, 7) is 5.95. The third kappa shape index (κ3) is 3.76. The molecule has 2 aliphatic rings. The number of piperidine rings is 1. The highest BCUT2D eigenvalue weighted by Crippen LogP contribution is 2.59. The summed E-state index contributed by atoms with van der Waals surface area (Å²) in [6.07, 6.45) is 2.79. The number of rotatable bonds is 4. The summed E-state index contributed by atoms with van der Waals surface area (Å²) >= 11 is 1.55. The van der Waals surface area contributed by atoms with Gasteiger partial charge in [0.2, 0.25) is 5.91 Å². The molecule has 1 atom stereocenters. The molecule has 1 saturated carbocycles. The van der Waals surface area contributed by atoms with E-state index < -0.39 is 0 Å². The van der Waals surface area contributed by atoms with Crippen molar-refractivity contribution in [3.8, 4) is 0 Å². The molecule has 4 rings (SSSR count). The van der Waals surface area contributed by atoms with E-state index in [1.165, 1.54) is 0 Å². The summed E-state index contributed by atoms with van der Waals surface area (Å²) in [6, 6.07) is 9.76. The third-order valence-electron chi connectivity index (χ3n) is 5.89. The number of nitrogens with zero attached hydrogens (tertiary/aromatic N) is 2. The van der Waals surface area contributed by atoms with Crippen LogP contribution in [0.4, 0.5) is 0 Å². The number of likely N-dealkylation sites (tertiary alicyclic amines) is 1. The van der Waals surface area contributed by atoms with Crippen LogP contribution in [0.1, 0.15) is 45.2 Å². The van der Waals surface area contributed by atoms with Gasteiger partial charge in [-0.3, -0.25) is 14.6 Å². The Hall–Kier alpha value is -2.21. The molecule has 1 aliphatic heterocycles. The monoisotopic (exact) mass is 383 g/mol. The number of hydrogen-bond acceptors (Lipinski definition) is 4. The van der Waals surface area contributed by atoms with Gasteiger partial charge in [0.25, 0.3) is 5.91 Å². The molecule has 0 bridgehead atoms. The molecule has 1 spiro atoms. The summed E-state index contributed by atoms with van der Waals surface area (Å²) in [5, 5.41) is 3.04. The van der Waals surface area contributed by atoms with Gasteiger partial charge in [-0.25, -0.2) is 0 Å². The average molecular weight is 384 g/mol.